The number of carbonyl (C=O) groups is 2. The summed E-state index contributed by atoms with van der Waals surface area (Å²) in [5.41, 5.74) is 0.846. The molecule has 0 amide bonds. The second-order valence-corrected chi connectivity index (χ2v) is 12.6. The highest BCUT2D eigenvalue weighted by Gasteiger charge is 2.60. The summed E-state index contributed by atoms with van der Waals surface area (Å²) in [5, 5.41) is 0.301. The van der Waals surface area contributed by atoms with Crippen LogP contribution < -0.4 is 0 Å². The Bertz CT molecular complexity index is 710. The normalized spacial score (nSPS) is 44.0. The van der Waals surface area contributed by atoms with E-state index in [-0.39, 0.29) is 18.0 Å². The maximum atomic E-state index is 11.8. The molecule has 4 unspecified atom stereocenters. The standard InChI is InChI=1S/C27H43BrO4/c1-17(5-10-24(29)31-4)21-8-9-22-20-7-6-18-15-19(32-25(30)16-28)11-13-26(18,2)23(20)12-14-27(21,22)3/h17-23H,5-16H2,1-4H3/t17-,18-,19-,20+,21?,22+,23?,26?,27?/m1/s1. The van der Waals surface area contributed by atoms with E-state index in [0.29, 0.717) is 34.4 Å². The average molecular weight is 512 g/mol. The average Bonchev–Trinajstić information content (AvgIpc) is 3.14. The first-order valence-electron chi connectivity index (χ1n) is 13.0. The van der Waals surface area contributed by atoms with Gasteiger partial charge in [0.1, 0.15) is 11.4 Å². The minimum atomic E-state index is -0.112. The van der Waals surface area contributed by atoms with Gasteiger partial charge in [-0.25, -0.2) is 0 Å². The van der Waals surface area contributed by atoms with Crippen molar-refractivity contribution in [2.45, 2.75) is 97.5 Å². The molecule has 32 heavy (non-hydrogen) atoms. The second kappa shape index (κ2) is 9.58. The highest BCUT2D eigenvalue weighted by atomic mass is 79.9. The number of ether oxygens (including phenoxy) is 2. The molecule has 0 radical (unpaired) electrons. The van der Waals surface area contributed by atoms with Crippen LogP contribution in [0.2, 0.25) is 0 Å². The first-order chi connectivity index (χ1) is 15.2. The lowest BCUT2D eigenvalue weighted by molar-refractivity contribution is -0.160. The van der Waals surface area contributed by atoms with Gasteiger partial charge in [0.05, 0.1) is 7.11 Å². The van der Waals surface area contributed by atoms with Gasteiger partial charge in [0, 0.05) is 6.42 Å². The van der Waals surface area contributed by atoms with Crippen molar-refractivity contribution in [2.24, 2.45) is 46.3 Å². The van der Waals surface area contributed by atoms with Crippen molar-refractivity contribution in [3.8, 4) is 0 Å². The van der Waals surface area contributed by atoms with Crippen molar-refractivity contribution < 1.29 is 19.1 Å². The first-order valence-corrected chi connectivity index (χ1v) is 14.2. The number of hydrogen-bond acceptors (Lipinski definition) is 4. The van der Waals surface area contributed by atoms with E-state index in [9.17, 15) is 9.59 Å². The Kier molecular flexibility index (Phi) is 7.35. The first kappa shape index (κ1) is 24.5. The van der Waals surface area contributed by atoms with E-state index in [1.165, 1.54) is 52.1 Å². The Balaban J connectivity index is 1.43. The van der Waals surface area contributed by atoms with Crippen LogP contribution in [0.25, 0.3) is 0 Å². The molecule has 0 aromatic rings. The van der Waals surface area contributed by atoms with Crippen LogP contribution in [0.4, 0.5) is 0 Å². The van der Waals surface area contributed by atoms with Crippen molar-refractivity contribution in [3.05, 3.63) is 0 Å². The summed E-state index contributed by atoms with van der Waals surface area (Å²) in [6.45, 7) is 7.54. The maximum Gasteiger partial charge on any atom is 0.316 e. The van der Waals surface area contributed by atoms with Gasteiger partial charge < -0.3 is 9.47 Å². The van der Waals surface area contributed by atoms with E-state index in [4.69, 9.17) is 9.47 Å². The van der Waals surface area contributed by atoms with Crippen LogP contribution in [0, 0.1) is 46.3 Å². The number of esters is 2. The fourth-order valence-corrected chi connectivity index (χ4v) is 9.30. The molecule has 4 rings (SSSR count). The molecule has 0 spiro atoms. The predicted octanol–water partition coefficient (Wildman–Crippen LogP) is 6.54. The van der Waals surface area contributed by atoms with Crippen LogP contribution in [0.15, 0.2) is 0 Å². The number of alkyl halides is 1. The van der Waals surface area contributed by atoms with Crippen molar-refractivity contribution >= 4 is 27.9 Å². The van der Waals surface area contributed by atoms with Gasteiger partial charge in [-0.2, -0.15) is 0 Å². The van der Waals surface area contributed by atoms with Gasteiger partial charge in [-0.1, -0.05) is 36.7 Å². The largest absolute Gasteiger partial charge is 0.469 e. The van der Waals surface area contributed by atoms with E-state index in [0.717, 1.165) is 42.9 Å². The predicted molar refractivity (Wildman–Crippen MR) is 129 cm³/mol. The quantitative estimate of drug-likeness (QED) is 0.300. The number of rotatable bonds is 6. The molecule has 9 atom stereocenters. The van der Waals surface area contributed by atoms with Crippen LogP contribution in [0.3, 0.4) is 0 Å². The van der Waals surface area contributed by atoms with Crippen LogP contribution >= 0.6 is 15.9 Å². The number of fused-ring (bicyclic) bond motifs is 5. The van der Waals surface area contributed by atoms with E-state index in [1.54, 1.807) is 0 Å². The van der Waals surface area contributed by atoms with Gasteiger partial charge in [0.15, 0.2) is 0 Å². The molecule has 0 bridgehead atoms. The minimum Gasteiger partial charge on any atom is -0.469 e. The summed E-state index contributed by atoms with van der Waals surface area (Å²) in [6, 6.07) is 0. The zero-order chi connectivity index (χ0) is 23.1. The molecule has 4 nitrogen and oxygen atoms in total. The molecule has 0 saturated heterocycles. The van der Waals surface area contributed by atoms with Gasteiger partial charge in [-0.3, -0.25) is 9.59 Å². The van der Waals surface area contributed by atoms with Gasteiger partial charge >= 0.3 is 11.9 Å². The zero-order valence-corrected chi connectivity index (χ0v) is 22.1. The SMILES string of the molecule is COC(=O)CC[C@@H](C)C1CC[C@H]2[C@@H]3CC[C@@H]4C[C@H](OC(=O)CBr)CCC4(C)C3CCC12C. The van der Waals surface area contributed by atoms with Crippen LogP contribution in [-0.4, -0.2) is 30.5 Å². The molecule has 5 heteroatoms. The molecule has 0 N–H and O–H groups in total. The third kappa shape index (κ3) is 4.29. The molecule has 0 aromatic carbocycles. The van der Waals surface area contributed by atoms with Gasteiger partial charge in [-0.15, -0.1) is 0 Å². The van der Waals surface area contributed by atoms with Crippen LogP contribution in [0.1, 0.15) is 91.4 Å². The molecule has 4 fully saturated rings. The molecule has 4 aliphatic rings. The summed E-state index contributed by atoms with van der Waals surface area (Å²) in [4.78, 5) is 23.5. The molecule has 182 valence electrons. The topological polar surface area (TPSA) is 52.6 Å². The van der Waals surface area contributed by atoms with Gasteiger partial charge in [0.25, 0.3) is 0 Å². The summed E-state index contributed by atoms with van der Waals surface area (Å²) in [5.74, 6) is 4.38. The number of hydrogen-bond donors (Lipinski definition) is 0. The Hall–Kier alpha value is -0.580. The summed E-state index contributed by atoms with van der Waals surface area (Å²) in [7, 11) is 1.50. The monoisotopic (exact) mass is 510 g/mol. The Morgan fingerprint density at radius 2 is 1.69 bits per heavy atom. The fourth-order valence-electron chi connectivity index (χ4n) is 9.17. The number of halogens is 1. The highest BCUT2D eigenvalue weighted by Crippen LogP contribution is 2.68. The molecule has 0 aromatic heterocycles. The van der Waals surface area contributed by atoms with Crippen LogP contribution in [-0.2, 0) is 19.1 Å². The molecule has 4 saturated carbocycles. The van der Waals surface area contributed by atoms with Crippen molar-refractivity contribution in [3.63, 3.8) is 0 Å². The molecule has 0 aliphatic heterocycles. The lowest BCUT2D eigenvalue weighted by atomic mass is 9.44. The number of methoxy groups -OCH3 is 1. The Labute approximate surface area is 203 Å². The van der Waals surface area contributed by atoms with Gasteiger partial charge in [-0.05, 0) is 111 Å². The summed E-state index contributed by atoms with van der Waals surface area (Å²) >= 11 is 3.24. The minimum absolute atomic E-state index is 0.0658. The van der Waals surface area contributed by atoms with Gasteiger partial charge in [0.2, 0.25) is 0 Å². The molecule has 4 aliphatic carbocycles. The fraction of sp³-hybridized carbons (Fsp3) is 0.926. The lowest BCUT2D eigenvalue weighted by Crippen LogP contribution is -2.54. The lowest BCUT2D eigenvalue weighted by Gasteiger charge is -2.61. The van der Waals surface area contributed by atoms with E-state index in [2.05, 4.69) is 36.7 Å². The van der Waals surface area contributed by atoms with Crippen molar-refractivity contribution in [2.75, 3.05) is 12.4 Å². The Morgan fingerprint density at radius 3 is 2.41 bits per heavy atom. The highest BCUT2D eigenvalue weighted by molar-refractivity contribution is 9.09. The van der Waals surface area contributed by atoms with E-state index < -0.39 is 0 Å². The molecule has 0 heterocycles. The van der Waals surface area contributed by atoms with E-state index >= 15 is 0 Å². The molecular formula is C27H43BrO4. The van der Waals surface area contributed by atoms with E-state index in [1.807, 2.05) is 0 Å². The van der Waals surface area contributed by atoms with Crippen LogP contribution in [0.5, 0.6) is 0 Å². The van der Waals surface area contributed by atoms with Crippen molar-refractivity contribution in [1.29, 1.82) is 0 Å². The van der Waals surface area contributed by atoms with Crippen molar-refractivity contribution in [1.82, 2.24) is 0 Å². The zero-order valence-electron chi connectivity index (χ0n) is 20.5. The third-order valence-electron chi connectivity index (χ3n) is 10.8. The Morgan fingerprint density at radius 1 is 0.969 bits per heavy atom. The molecular weight excluding hydrogens is 468 g/mol. The maximum absolute atomic E-state index is 11.8. The smallest absolute Gasteiger partial charge is 0.316 e. The summed E-state index contributed by atoms with van der Waals surface area (Å²) < 4.78 is 10.6. The third-order valence-corrected chi connectivity index (χ3v) is 11.3. The summed E-state index contributed by atoms with van der Waals surface area (Å²) in [6.07, 6.45) is 13.0. The number of carbonyl (C=O) groups excluding carboxylic acids is 2. The second-order valence-electron chi connectivity index (χ2n) is 12.0.